The standard InChI is InChI=1S/C20H21NO5/c1-13-4-7-17(10-19(13)25-3)20(24)26-12-18(23)16-8-5-15(6-9-16)11-21-14(2)22/h4-10H,11-12H2,1-3H3,(H,21,22). The van der Waals surface area contributed by atoms with E-state index < -0.39 is 5.97 Å². The Balaban J connectivity index is 1.93. The summed E-state index contributed by atoms with van der Waals surface area (Å²) < 4.78 is 10.3. The van der Waals surface area contributed by atoms with Gasteiger partial charge in [0, 0.05) is 19.0 Å². The lowest BCUT2D eigenvalue weighted by Gasteiger charge is -2.08. The Bertz CT molecular complexity index is 811. The van der Waals surface area contributed by atoms with Crippen molar-refractivity contribution in [3.63, 3.8) is 0 Å². The molecule has 0 aromatic heterocycles. The maximum absolute atomic E-state index is 12.2. The number of benzene rings is 2. The van der Waals surface area contributed by atoms with Crippen LogP contribution in [0.5, 0.6) is 5.75 Å². The monoisotopic (exact) mass is 355 g/mol. The van der Waals surface area contributed by atoms with Crippen LogP contribution in [0.4, 0.5) is 0 Å². The molecule has 0 saturated carbocycles. The van der Waals surface area contributed by atoms with Gasteiger partial charge in [0.1, 0.15) is 5.75 Å². The van der Waals surface area contributed by atoms with Gasteiger partial charge >= 0.3 is 5.97 Å². The molecule has 1 N–H and O–H groups in total. The van der Waals surface area contributed by atoms with Gasteiger partial charge in [-0.25, -0.2) is 4.79 Å². The molecule has 2 aromatic rings. The number of carbonyl (C=O) groups is 3. The molecule has 0 aliphatic rings. The van der Waals surface area contributed by atoms with Crippen LogP contribution in [0.3, 0.4) is 0 Å². The Morgan fingerprint density at radius 2 is 1.65 bits per heavy atom. The van der Waals surface area contributed by atoms with Gasteiger partial charge in [0.25, 0.3) is 0 Å². The molecule has 0 heterocycles. The van der Waals surface area contributed by atoms with Crippen molar-refractivity contribution in [2.45, 2.75) is 20.4 Å². The molecule has 0 saturated heterocycles. The molecule has 2 rings (SSSR count). The molecule has 0 unspecified atom stereocenters. The summed E-state index contributed by atoms with van der Waals surface area (Å²) in [6.07, 6.45) is 0. The van der Waals surface area contributed by atoms with Gasteiger partial charge in [-0.1, -0.05) is 30.3 Å². The molecular formula is C20H21NO5. The zero-order chi connectivity index (χ0) is 19.1. The fourth-order valence-corrected chi connectivity index (χ4v) is 2.28. The Hall–Kier alpha value is -3.15. The van der Waals surface area contributed by atoms with Crippen molar-refractivity contribution in [3.8, 4) is 5.75 Å². The molecule has 6 heteroatoms. The van der Waals surface area contributed by atoms with E-state index >= 15 is 0 Å². The van der Waals surface area contributed by atoms with E-state index in [9.17, 15) is 14.4 Å². The molecular weight excluding hydrogens is 334 g/mol. The van der Waals surface area contributed by atoms with Gasteiger partial charge < -0.3 is 14.8 Å². The quantitative estimate of drug-likeness (QED) is 0.610. The Morgan fingerprint density at radius 1 is 1.00 bits per heavy atom. The fourth-order valence-electron chi connectivity index (χ4n) is 2.28. The van der Waals surface area contributed by atoms with Crippen LogP contribution < -0.4 is 10.1 Å². The average Bonchev–Trinajstić information content (AvgIpc) is 2.64. The van der Waals surface area contributed by atoms with Crippen molar-refractivity contribution in [3.05, 3.63) is 64.7 Å². The fraction of sp³-hybridized carbons (Fsp3) is 0.250. The second kappa shape index (κ2) is 8.80. The number of carbonyl (C=O) groups excluding carboxylic acids is 3. The minimum atomic E-state index is -0.584. The topological polar surface area (TPSA) is 81.7 Å². The minimum absolute atomic E-state index is 0.121. The normalized spacial score (nSPS) is 10.1. The first-order valence-corrected chi connectivity index (χ1v) is 8.09. The first-order chi connectivity index (χ1) is 12.4. The molecule has 0 bridgehead atoms. The van der Waals surface area contributed by atoms with Gasteiger partial charge in [-0.3, -0.25) is 9.59 Å². The van der Waals surface area contributed by atoms with Crippen LogP contribution in [0, 0.1) is 6.92 Å². The van der Waals surface area contributed by atoms with Crippen molar-refractivity contribution < 1.29 is 23.9 Å². The van der Waals surface area contributed by atoms with Gasteiger partial charge in [0.05, 0.1) is 12.7 Å². The number of rotatable bonds is 7. The maximum atomic E-state index is 12.2. The molecule has 1 amide bonds. The molecule has 26 heavy (non-hydrogen) atoms. The average molecular weight is 355 g/mol. The van der Waals surface area contributed by atoms with Crippen LogP contribution in [0.15, 0.2) is 42.5 Å². The SMILES string of the molecule is COc1cc(C(=O)OCC(=O)c2ccc(CNC(C)=O)cc2)ccc1C. The van der Waals surface area contributed by atoms with Gasteiger partial charge in [0.2, 0.25) is 5.91 Å². The highest BCUT2D eigenvalue weighted by Crippen LogP contribution is 2.19. The summed E-state index contributed by atoms with van der Waals surface area (Å²) >= 11 is 0. The molecule has 0 spiro atoms. The predicted molar refractivity (Wildman–Crippen MR) is 96.3 cm³/mol. The lowest BCUT2D eigenvalue weighted by atomic mass is 10.1. The molecule has 6 nitrogen and oxygen atoms in total. The summed E-state index contributed by atoms with van der Waals surface area (Å²) in [5, 5.41) is 2.68. The first kappa shape index (κ1) is 19.2. The lowest BCUT2D eigenvalue weighted by Crippen LogP contribution is -2.19. The van der Waals surface area contributed by atoms with Crippen molar-refractivity contribution in [2.24, 2.45) is 0 Å². The third-order valence-corrected chi connectivity index (χ3v) is 3.80. The van der Waals surface area contributed by atoms with E-state index in [0.717, 1.165) is 11.1 Å². The number of ether oxygens (including phenoxy) is 2. The van der Waals surface area contributed by atoms with Gasteiger partial charge in [-0.2, -0.15) is 0 Å². The summed E-state index contributed by atoms with van der Waals surface area (Å²) in [5.41, 5.74) is 2.54. The molecule has 136 valence electrons. The zero-order valence-electron chi connectivity index (χ0n) is 15.0. The first-order valence-electron chi connectivity index (χ1n) is 8.09. The smallest absolute Gasteiger partial charge is 0.338 e. The minimum Gasteiger partial charge on any atom is -0.496 e. The Kier molecular flexibility index (Phi) is 6.49. The highest BCUT2D eigenvalue weighted by Gasteiger charge is 2.13. The van der Waals surface area contributed by atoms with Crippen molar-refractivity contribution in [1.29, 1.82) is 0 Å². The molecule has 0 radical (unpaired) electrons. The number of esters is 1. The van der Waals surface area contributed by atoms with Crippen LogP contribution in [-0.2, 0) is 16.1 Å². The highest BCUT2D eigenvalue weighted by atomic mass is 16.5. The third kappa shape index (κ3) is 5.17. The van der Waals surface area contributed by atoms with E-state index in [4.69, 9.17) is 9.47 Å². The number of ketones is 1. The zero-order valence-corrected chi connectivity index (χ0v) is 15.0. The lowest BCUT2D eigenvalue weighted by molar-refractivity contribution is -0.119. The van der Waals surface area contributed by atoms with Crippen LogP contribution >= 0.6 is 0 Å². The van der Waals surface area contributed by atoms with E-state index in [1.807, 2.05) is 6.92 Å². The molecule has 0 aliphatic carbocycles. The summed E-state index contributed by atoms with van der Waals surface area (Å²) in [4.78, 5) is 35.2. The van der Waals surface area contributed by atoms with Gasteiger partial charge in [0.15, 0.2) is 12.4 Å². The third-order valence-electron chi connectivity index (χ3n) is 3.80. The van der Waals surface area contributed by atoms with E-state index in [0.29, 0.717) is 23.4 Å². The van der Waals surface area contributed by atoms with Crippen molar-refractivity contribution >= 4 is 17.7 Å². The summed E-state index contributed by atoms with van der Waals surface area (Å²) in [6, 6.07) is 11.7. The molecule has 2 aromatic carbocycles. The summed E-state index contributed by atoms with van der Waals surface area (Å²) in [6.45, 7) is 3.36. The predicted octanol–water partition coefficient (Wildman–Crippen LogP) is 2.68. The second-order valence-electron chi connectivity index (χ2n) is 5.79. The maximum Gasteiger partial charge on any atom is 0.338 e. The number of Topliss-reactive ketones (excluding diaryl/α,β-unsaturated/α-hetero) is 1. The second-order valence-corrected chi connectivity index (χ2v) is 5.79. The molecule has 0 fully saturated rings. The van der Waals surface area contributed by atoms with Crippen LogP contribution in [0.2, 0.25) is 0 Å². The van der Waals surface area contributed by atoms with Crippen LogP contribution in [0.1, 0.15) is 38.8 Å². The number of nitrogens with one attached hydrogen (secondary N) is 1. The van der Waals surface area contributed by atoms with Crippen molar-refractivity contribution in [1.82, 2.24) is 5.32 Å². The number of hydrogen-bond acceptors (Lipinski definition) is 5. The number of hydrogen-bond donors (Lipinski definition) is 1. The number of amides is 1. The van der Waals surface area contributed by atoms with E-state index in [1.54, 1.807) is 42.5 Å². The number of aryl methyl sites for hydroxylation is 1. The number of methoxy groups -OCH3 is 1. The Morgan fingerprint density at radius 3 is 2.27 bits per heavy atom. The summed E-state index contributed by atoms with van der Waals surface area (Å²) in [5.74, 6) is -0.423. The van der Waals surface area contributed by atoms with Crippen molar-refractivity contribution in [2.75, 3.05) is 13.7 Å². The molecule has 0 aliphatic heterocycles. The Labute approximate surface area is 152 Å². The van der Waals surface area contributed by atoms with Crippen LogP contribution in [0.25, 0.3) is 0 Å². The van der Waals surface area contributed by atoms with E-state index in [1.165, 1.54) is 14.0 Å². The molecule has 0 atom stereocenters. The highest BCUT2D eigenvalue weighted by molar-refractivity contribution is 5.99. The van der Waals surface area contributed by atoms with E-state index in [-0.39, 0.29) is 18.3 Å². The largest absolute Gasteiger partial charge is 0.496 e. The van der Waals surface area contributed by atoms with Gasteiger partial charge in [-0.15, -0.1) is 0 Å². The van der Waals surface area contributed by atoms with E-state index in [2.05, 4.69) is 5.32 Å². The van der Waals surface area contributed by atoms with Gasteiger partial charge in [-0.05, 0) is 30.2 Å². The van der Waals surface area contributed by atoms with Crippen LogP contribution in [-0.4, -0.2) is 31.4 Å². The summed E-state index contributed by atoms with van der Waals surface area (Å²) in [7, 11) is 1.52.